The zero-order valence-electron chi connectivity index (χ0n) is 20.8. The van der Waals surface area contributed by atoms with Crippen LogP contribution in [0.15, 0.2) is 53.6 Å². The fraction of sp³-hybridized carbons (Fsp3) is 0.586. The number of ether oxygens (including phenoxy) is 1. The molecule has 1 rings (SSSR count). The Morgan fingerprint density at radius 2 is 1.36 bits per heavy atom. The lowest BCUT2D eigenvalue weighted by atomic mass is 10.1. The fourth-order valence-corrected chi connectivity index (χ4v) is 3.66. The second-order valence-electron chi connectivity index (χ2n) is 8.84. The topological polar surface area (TPSA) is 63.6 Å². The van der Waals surface area contributed by atoms with E-state index in [0.717, 1.165) is 18.4 Å². The molecule has 1 aromatic rings. The fourth-order valence-electron chi connectivity index (χ4n) is 3.66. The molecule has 0 bridgehead atoms. The number of benzene rings is 1. The van der Waals surface area contributed by atoms with Gasteiger partial charge in [-0.25, -0.2) is 9.59 Å². The summed E-state index contributed by atoms with van der Waals surface area (Å²) in [7, 11) is 0. The summed E-state index contributed by atoms with van der Waals surface area (Å²) in [5.74, 6) is -1.31. The van der Waals surface area contributed by atoms with Gasteiger partial charge in [0, 0.05) is 11.1 Å². The van der Waals surface area contributed by atoms with Gasteiger partial charge in [-0.05, 0) is 31.7 Å². The van der Waals surface area contributed by atoms with Crippen molar-refractivity contribution in [1.29, 1.82) is 0 Å². The molecule has 0 atom stereocenters. The van der Waals surface area contributed by atoms with Crippen LogP contribution in [0.25, 0.3) is 0 Å². The van der Waals surface area contributed by atoms with Gasteiger partial charge in [0.05, 0.1) is 6.61 Å². The number of aliphatic carboxylic acids is 1. The third-order valence-electron chi connectivity index (χ3n) is 5.89. The van der Waals surface area contributed by atoms with Crippen molar-refractivity contribution in [3.8, 4) is 0 Å². The first-order chi connectivity index (χ1) is 16.0. The van der Waals surface area contributed by atoms with Crippen LogP contribution in [-0.4, -0.2) is 23.7 Å². The number of carbonyl (C=O) groups is 2. The van der Waals surface area contributed by atoms with E-state index in [1.54, 1.807) is 6.08 Å². The summed E-state index contributed by atoms with van der Waals surface area (Å²) in [5.41, 5.74) is 1.84. The van der Waals surface area contributed by atoms with E-state index in [2.05, 4.69) is 6.92 Å². The monoisotopic (exact) mass is 456 g/mol. The maximum Gasteiger partial charge on any atom is 0.334 e. The second-order valence-corrected chi connectivity index (χ2v) is 8.84. The first-order valence-electron chi connectivity index (χ1n) is 12.8. The number of rotatable bonds is 19. The van der Waals surface area contributed by atoms with Gasteiger partial charge in [-0.2, -0.15) is 0 Å². The lowest BCUT2D eigenvalue weighted by Gasteiger charge is -2.08. The largest absolute Gasteiger partial charge is 0.478 e. The number of unbranched alkanes of at least 4 members (excludes halogenated alkanes) is 11. The quantitative estimate of drug-likeness (QED) is 0.131. The van der Waals surface area contributed by atoms with Gasteiger partial charge in [-0.3, -0.25) is 0 Å². The number of hydrogen-bond acceptors (Lipinski definition) is 3. The highest BCUT2D eigenvalue weighted by atomic mass is 16.5. The van der Waals surface area contributed by atoms with Gasteiger partial charge in [0.15, 0.2) is 0 Å². The average molecular weight is 457 g/mol. The van der Waals surface area contributed by atoms with Crippen molar-refractivity contribution in [3.05, 3.63) is 59.2 Å². The normalized spacial score (nSPS) is 12.1. The van der Waals surface area contributed by atoms with Crippen LogP contribution in [-0.2, 0) is 20.7 Å². The Bertz CT molecular complexity index is 718. The summed E-state index contributed by atoms with van der Waals surface area (Å²) in [5, 5.41) is 9.07. The highest BCUT2D eigenvalue weighted by Gasteiger charge is 2.11. The summed E-state index contributed by atoms with van der Waals surface area (Å²) < 4.78 is 5.49. The minimum atomic E-state index is -0.970. The number of carboxylic acids is 1. The lowest BCUT2D eigenvalue weighted by Crippen LogP contribution is -2.10. The molecule has 0 amide bonds. The Morgan fingerprint density at radius 3 is 1.91 bits per heavy atom. The van der Waals surface area contributed by atoms with Crippen LogP contribution in [0.5, 0.6) is 0 Å². The molecule has 0 radical (unpaired) electrons. The Hall–Kier alpha value is -2.36. The van der Waals surface area contributed by atoms with Crippen LogP contribution >= 0.6 is 0 Å². The molecule has 4 heteroatoms. The van der Waals surface area contributed by atoms with E-state index in [9.17, 15) is 9.59 Å². The van der Waals surface area contributed by atoms with Gasteiger partial charge >= 0.3 is 11.9 Å². The standard InChI is InChI=1S/C29H44O4/c1-3-4-5-6-7-8-9-10-11-12-13-17-24-33-29(32)27(22-20-25(2)28(30)31)23-21-26-18-15-14-16-19-26/h14-16,18-20,23H,3-13,17,21-22,24H2,1-2H3,(H,30,31). The summed E-state index contributed by atoms with van der Waals surface area (Å²) in [6, 6.07) is 9.89. The van der Waals surface area contributed by atoms with Crippen molar-refractivity contribution in [1.82, 2.24) is 0 Å². The van der Waals surface area contributed by atoms with Gasteiger partial charge < -0.3 is 9.84 Å². The van der Waals surface area contributed by atoms with E-state index < -0.39 is 5.97 Å². The number of carbonyl (C=O) groups excluding carboxylic acids is 1. The van der Waals surface area contributed by atoms with Crippen LogP contribution in [0, 0.1) is 0 Å². The molecule has 0 aliphatic heterocycles. The molecule has 0 aromatic heterocycles. The molecular weight excluding hydrogens is 412 g/mol. The predicted molar refractivity (Wildman–Crippen MR) is 136 cm³/mol. The Balaban J connectivity index is 2.29. The van der Waals surface area contributed by atoms with Crippen molar-refractivity contribution in [3.63, 3.8) is 0 Å². The summed E-state index contributed by atoms with van der Waals surface area (Å²) in [4.78, 5) is 23.6. The molecule has 0 heterocycles. The molecule has 4 nitrogen and oxygen atoms in total. The maximum atomic E-state index is 12.6. The van der Waals surface area contributed by atoms with E-state index in [4.69, 9.17) is 9.84 Å². The van der Waals surface area contributed by atoms with Crippen LogP contribution in [0.4, 0.5) is 0 Å². The third kappa shape index (κ3) is 15.2. The molecule has 0 aliphatic carbocycles. The molecule has 33 heavy (non-hydrogen) atoms. The van der Waals surface area contributed by atoms with Crippen molar-refractivity contribution in [2.45, 2.75) is 104 Å². The minimum absolute atomic E-state index is 0.231. The molecule has 0 unspecified atom stereocenters. The van der Waals surface area contributed by atoms with Gasteiger partial charge in [-0.1, -0.05) is 120 Å². The summed E-state index contributed by atoms with van der Waals surface area (Å²) in [6.07, 6.45) is 19.5. The van der Waals surface area contributed by atoms with Gasteiger partial charge in [-0.15, -0.1) is 0 Å². The van der Waals surface area contributed by atoms with Gasteiger partial charge in [0.25, 0.3) is 0 Å². The number of allylic oxidation sites excluding steroid dienone is 2. The Labute approximate surface area is 201 Å². The molecule has 1 aromatic carbocycles. The molecule has 0 saturated heterocycles. The predicted octanol–water partition coefficient (Wildman–Crippen LogP) is 7.82. The summed E-state index contributed by atoms with van der Waals surface area (Å²) in [6.45, 7) is 4.21. The highest BCUT2D eigenvalue weighted by Crippen LogP contribution is 2.14. The number of esters is 1. The summed E-state index contributed by atoms with van der Waals surface area (Å²) >= 11 is 0. The average Bonchev–Trinajstić information content (AvgIpc) is 2.82. The van der Waals surface area contributed by atoms with Crippen molar-refractivity contribution in [2.75, 3.05) is 6.61 Å². The van der Waals surface area contributed by atoms with E-state index in [1.165, 1.54) is 71.1 Å². The number of carboxylic acid groups (broad SMARTS) is 1. The van der Waals surface area contributed by atoms with Crippen molar-refractivity contribution in [2.24, 2.45) is 0 Å². The van der Waals surface area contributed by atoms with Crippen LogP contribution in [0.2, 0.25) is 0 Å². The molecule has 0 fully saturated rings. The van der Waals surface area contributed by atoms with E-state index >= 15 is 0 Å². The van der Waals surface area contributed by atoms with Crippen LogP contribution in [0.1, 0.15) is 103 Å². The molecule has 1 N–H and O–H groups in total. The van der Waals surface area contributed by atoms with Gasteiger partial charge in [0.2, 0.25) is 0 Å². The molecule has 0 aliphatic rings. The zero-order valence-corrected chi connectivity index (χ0v) is 20.8. The van der Waals surface area contributed by atoms with E-state index in [1.807, 2.05) is 36.4 Å². The van der Waals surface area contributed by atoms with Crippen molar-refractivity contribution >= 4 is 11.9 Å². The first kappa shape index (κ1) is 28.7. The van der Waals surface area contributed by atoms with E-state index in [-0.39, 0.29) is 18.0 Å². The minimum Gasteiger partial charge on any atom is -0.478 e. The highest BCUT2D eigenvalue weighted by molar-refractivity contribution is 5.90. The Kier molecular flexibility index (Phi) is 16.6. The Morgan fingerprint density at radius 1 is 0.818 bits per heavy atom. The smallest absolute Gasteiger partial charge is 0.334 e. The first-order valence-corrected chi connectivity index (χ1v) is 12.8. The van der Waals surface area contributed by atoms with Gasteiger partial charge in [0.1, 0.15) is 0 Å². The SMILES string of the molecule is CCCCCCCCCCCCCCOC(=O)C(=CCc1ccccc1)CC=C(C)C(=O)O. The van der Waals surface area contributed by atoms with Crippen LogP contribution < -0.4 is 0 Å². The van der Waals surface area contributed by atoms with Crippen molar-refractivity contribution < 1.29 is 19.4 Å². The van der Waals surface area contributed by atoms with Crippen LogP contribution in [0.3, 0.4) is 0 Å². The molecule has 0 spiro atoms. The number of hydrogen-bond donors (Lipinski definition) is 1. The third-order valence-corrected chi connectivity index (χ3v) is 5.89. The second kappa shape index (κ2) is 19.1. The molecule has 0 saturated carbocycles. The lowest BCUT2D eigenvalue weighted by molar-refractivity contribution is -0.139. The maximum absolute atomic E-state index is 12.6. The zero-order chi connectivity index (χ0) is 24.2. The molecular formula is C29H44O4. The molecule has 184 valence electrons. The van der Waals surface area contributed by atoms with E-state index in [0.29, 0.717) is 18.6 Å².